The Morgan fingerprint density at radius 2 is 1.65 bits per heavy atom. The number of aryl methyl sites for hydroxylation is 2. The van der Waals surface area contributed by atoms with E-state index in [1.54, 1.807) is 12.1 Å². The Balaban J connectivity index is 1.37. The van der Waals surface area contributed by atoms with Crippen LogP contribution in [-0.4, -0.2) is 47.0 Å². The van der Waals surface area contributed by atoms with E-state index in [1.165, 1.54) is 17.7 Å². The average Bonchev–Trinajstić information content (AvgIpc) is 2.77. The summed E-state index contributed by atoms with van der Waals surface area (Å²) in [5.74, 6) is 1.18. The fraction of sp³-hybridized carbons (Fsp3) is 0.292. The molecule has 1 N–H and O–H groups in total. The minimum absolute atomic E-state index is 0.0538. The van der Waals surface area contributed by atoms with E-state index in [9.17, 15) is 9.18 Å². The van der Waals surface area contributed by atoms with Crippen LogP contribution < -0.4 is 10.2 Å². The van der Waals surface area contributed by atoms with Gasteiger partial charge in [0.05, 0.1) is 6.42 Å². The van der Waals surface area contributed by atoms with Crippen LogP contribution in [0.4, 0.5) is 21.8 Å². The first-order chi connectivity index (χ1) is 15.0. The fourth-order valence-electron chi connectivity index (χ4n) is 3.59. The summed E-state index contributed by atoms with van der Waals surface area (Å²) >= 11 is 0. The third-order valence-electron chi connectivity index (χ3n) is 5.35. The van der Waals surface area contributed by atoms with E-state index >= 15 is 0 Å². The number of halogens is 1. The minimum atomic E-state index is -0.292. The summed E-state index contributed by atoms with van der Waals surface area (Å²) in [6.45, 7) is 6.57. The highest BCUT2D eigenvalue weighted by Gasteiger charge is 2.23. The van der Waals surface area contributed by atoms with Crippen LogP contribution in [0.3, 0.4) is 0 Å². The van der Waals surface area contributed by atoms with Crippen molar-refractivity contribution in [1.82, 2.24) is 14.9 Å². The van der Waals surface area contributed by atoms with Crippen LogP contribution in [0, 0.1) is 19.7 Å². The number of rotatable bonds is 5. The second-order valence-electron chi connectivity index (χ2n) is 7.86. The molecule has 6 nitrogen and oxygen atoms in total. The molecular weight excluding hydrogens is 393 g/mol. The second-order valence-corrected chi connectivity index (χ2v) is 7.86. The zero-order valence-electron chi connectivity index (χ0n) is 17.8. The zero-order valence-corrected chi connectivity index (χ0v) is 17.8. The van der Waals surface area contributed by atoms with E-state index in [1.807, 2.05) is 30.0 Å². The third-order valence-corrected chi connectivity index (χ3v) is 5.35. The highest BCUT2D eigenvalue weighted by Crippen LogP contribution is 2.20. The topological polar surface area (TPSA) is 61.4 Å². The Bertz CT molecular complexity index is 1040. The Hall–Kier alpha value is -3.48. The molecule has 31 heavy (non-hydrogen) atoms. The molecule has 1 fully saturated rings. The molecule has 0 radical (unpaired) electrons. The highest BCUT2D eigenvalue weighted by atomic mass is 19.1. The molecular formula is C24H26FN5O. The van der Waals surface area contributed by atoms with Crippen LogP contribution in [0.1, 0.15) is 16.8 Å². The number of hydrogen-bond acceptors (Lipinski definition) is 5. The molecule has 1 aliphatic rings. The Labute approximate surface area is 181 Å². The summed E-state index contributed by atoms with van der Waals surface area (Å²) in [5.41, 5.74) is 3.89. The van der Waals surface area contributed by atoms with Gasteiger partial charge >= 0.3 is 0 Å². The van der Waals surface area contributed by atoms with Crippen molar-refractivity contribution in [1.29, 1.82) is 0 Å². The summed E-state index contributed by atoms with van der Waals surface area (Å²) in [6.07, 6.45) is 0.284. The lowest BCUT2D eigenvalue weighted by atomic mass is 10.1. The Morgan fingerprint density at radius 3 is 2.32 bits per heavy atom. The van der Waals surface area contributed by atoms with E-state index in [0.717, 1.165) is 22.8 Å². The van der Waals surface area contributed by atoms with Crippen LogP contribution in [0.15, 0.2) is 54.6 Å². The molecule has 1 amide bonds. The van der Waals surface area contributed by atoms with Crippen molar-refractivity contribution >= 4 is 23.4 Å². The second kappa shape index (κ2) is 9.12. The van der Waals surface area contributed by atoms with Crippen molar-refractivity contribution in [3.63, 3.8) is 0 Å². The van der Waals surface area contributed by atoms with Crippen molar-refractivity contribution in [3.8, 4) is 0 Å². The average molecular weight is 420 g/mol. The van der Waals surface area contributed by atoms with Gasteiger partial charge in [0.2, 0.25) is 11.9 Å². The molecule has 3 aromatic rings. The molecule has 1 aliphatic heterocycles. The SMILES string of the molecule is Cc1ccc(Nc2cc(C)nc(N3CCN(C(=O)Cc4ccc(F)cc4)CC3)n2)cc1. The van der Waals surface area contributed by atoms with Crippen LogP contribution >= 0.6 is 0 Å². The van der Waals surface area contributed by atoms with Crippen molar-refractivity contribution in [2.45, 2.75) is 20.3 Å². The summed E-state index contributed by atoms with van der Waals surface area (Å²) in [6, 6.07) is 16.2. The lowest BCUT2D eigenvalue weighted by molar-refractivity contribution is -0.130. The summed E-state index contributed by atoms with van der Waals surface area (Å²) in [4.78, 5) is 25.8. The summed E-state index contributed by atoms with van der Waals surface area (Å²) in [5, 5.41) is 3.34. The maximum absolute atomic E-state index is 13.1. The molecule has 0 atom stereocenters. The normalized spacial score (nSPS) is 13.9. The number of aromatic nitrogens is 2. The van der Waals surface area contributed by atoms with Crippen LogP contribution in [-0.2, 0) is 11.2 Å². The van der Waals surface area contributed by atoms with Gasteiger partial charge in [0.1, 0.15) is 11.6 Å². The smallest absolute Gasteiger partial charge is 0.227 e. The van der Waals surface area contributed by atoms with E-state index in [4.69, 9.17) is 0 Å². The van der Waals surface area contributed by atoms with Crippen molar-refractivity contribution in [2.75, 3.05) is 36.4 Å². The number of benzene rings is 2. The van der Waals surface area contributed by atoms with Crippen molar-refractivity contribution < 1.29 is 9.18 Å². The number of anilines is 3. The maximum Gasteiger partial charge on any atom is 0.227 e. The number of piperazine rings is 1. The number of hydrogen-bond donors (Lipinski definition) is 1. The number of carbonyl (C=O) groups excluding carboxylic acids is 1. The van der Waals surface area contributed by atoms with Crippen LogP contribution in [0.5, 0.6) is 0 Å². The molecule has 0 spiro atoms. The number of nitrogens with zero attached hydrogens (tertiary/aromatic N) is 4. The van der Waals surface area contributed by atoms with Gasteiger partial charge in [-0.3, -0.25) is 4.79 Å². The molecule has 0 aliphatic carbocycles. The highest BCUT2D eigenvalue weighted by molar-refractivity contribution is 5.79. The first-order valence-corrected chi connectivity index (χ1v) is 10.4. The molecule has 2 heterocycles. The molecule has 0 unspecified atom stereocenters. The number of amides is 1. The Kier molecular flexibility index (Phi) is 6.11. The zero-order chi connectivity index (χ0) is 21.8. The summed E-state index contributed by atoms with van der Waals surface area (Å²) < 4.78 is 13.1. The molecule has 2 aromatic carbocycles. The van der Waals surface area contributed by atoms with Crippen LogP contribution in [0.2, 0.25) is 0 Å². The summed E-state index contributed by atoms with van der Waals surface area (Å²) in [7, 11) is 0. The van der Waals surface area contributed by atoms with Crippen molar-refractivity contribution in [2.24, 2.45) is 0 Å². The van der Waals surface area contributed by atoms with E-state index in [2.05, 4.69) is 39.2 Å². The van der Waals surface area contributed by atoms with E-state index in [-0.39, 0.29) is 18.1 Å². The first kappa shape index (κ1) is 20.8. The van der Waals surface area contributed by atoms with Gasteiger partial charge in [0.15, 0.2) is 0 Å². The van der Waals surface area contributed by atoms with Gasteiger partial charge in [-0.05, 0) is 43.7 Å². The predicted octanol–water partition coefficient (Wildman–Crippen LogP) is 3.87. The van der Waals surface area contributed by atoms with Gasteiger partial charge in [-0.25, -0.2) is 9.37 Å². The number of nitrogens with one attached hydrogen (secondary N) is 1. The third kappa shape index (κ3) is 5.36. The van der Waals surface area contributed by atoms with Crippen LogP contribution in [0.25, 0.3) is 0 Å². The van der Waals surface area contributed by atoms with Crippen molar-refractivity contribution in [3.05, 3.63) is 77.2 Å². The molecule has 1 aromatic heterocycles. The predicted molar refractivity (Wildman–Crippen MR) is 120 cm³/mol. The van der Waals surface area contributed by atoms with Gasteiger partial charge in [0.25, 0.3) is 0 Å². The molecule has 1 saturated heterocycles. The van der Waals surface area contributed by atoms with E-state index in [0.29, 0.717) is 32.1 Å². The lowest BCUT2D eigenvalue weighted by Crippen LogP contribution is -2.49. The Morgan fingerprint density at radius 1 is 0.968 bits per heavy atom. The molecule has 160 valence electrons. The maximum atomic E-state index is 13.1. The quantitative estimate of drug-likeness (QED) is 0.680. The van der Waals surface area contributed by atoms with Gasteiger partial charge in [-0.15, -0.1) is 0 Å². The van der Waals surface area contributed by atoms with Gasteiger partial charge in [0, 0.05) is 43.6 Å². The molecule has 7 heteroatoms. The largest absolute Gasteiger partial charge is 0.340 e. The standard InChI is InChI=1S/C24H26FN5O/c1-17-3-9-21(10-4-17)27-22-15-18(2)26-24(28-22)30-13-11-29(12-14-30)23(31)16-19-5-7-20(25)8-6-19/h3-10,15H,11-14,16H2,1-2H3,(H,26,27,28). The van der Waals surface area contributed by atoms with Gasteiger partial charge in [-0.1, -0.05) is 29.8 Å². The minimum Gasteiger partial charge on any atom is -0.340 e. The fourth-order valence-corrected chi connectivity index (χ4v) is 3.59. The molecule has 4 rings (SSSR count). The molecule has 0 bridgehead atoms. The van der Waals surface area contributed by atoms with Gasteiger partial charge in [-0.2, -0.15) is 4.98 Å². The first-order valence-electron chi connectivity index (χ1n) is 10.4. The van der Waals surface area contributed by atoms with E-state index < -0.39 is 0 Å². The lowest BCUT2D eigenvalue weighted by Gasteiger charge is -2.35. The number of carbonyl (C=O) groups is 1. The molecule has 0 saturated carbocycles. The van der Waals surface area contributed by atoms with Gasteiger partial charge < -0.3 is 15.1 Å². The monoisotopic (exact) mass is 419 g/mol.